The van der Waals surface area contributed by atoms with Gasteiger partial charge in [0.05, 0.1) is 17.8 Å². The number of hydrogen-bond acceptors (Lipinski definition) is 3. The van der Waals surface area contributed by atoms with Gasteiger partial charge in [-0.3, -0.25) is 4.79 Å². The minimum atomic E-state index is -0.510. The van der Waals surface area contributed by atoms with Crippen molar-refractivity contribution in [2.75, 3.05) is 18.5 Å². The lowest BCUT2D eigenvalue weighted by molar-refractivity contribution is -0.121. The Bertz CT molecular complexity index is 485. The second kappa shape index (κ2) is 6.46. The molecule has 1 aromatic rings. The average Bonchev–Trinajstić information content (AvgIpc) is 2.86. The molecule has 4 nitrogen and oxygen atoms in total. The van der Waals surface area contributed by atoms with Gasteiger partial charge in [-0.15, -0.1) is 0 Å². The molecule has 1 atom stereocenters. The van der Waals surface area contributed by atoms with E-state index in [0.29, 0.717) is 23.1 Å². The molecule has 1 aromatic carbocycles. The minimum Gasteiger partial charge on any atom is -0.491 e. The number of benzene rings is 1. The van der Waals surface area contributed by atoms with Gasteiger partial charge in [-0.05, 0) is 50.9 Å². The van der Waals surface area contributed by atoms with Crippen LogP contribution >= 0.6 is 11.6 Å². The van der Waals surface area contributed by atoms with Crippen molar-refractivity contribution in [3.05, 3.63) is 23.2 Å². The molecule has 1 fully saturated rings. The summed E-state index contributed by atoms with van der Waals surface area (Å²) in [4.78, 5) is 12.4. The van der Waals surface area contributed by atoms with Gasteiger partial charge >= 0.3 is 0 Å². The van der Waals surface area contributed by atoms with Gasteiger partial charge in [0.25, 0.3) is 0 Å². The van der Waals surface area contributed by atoms with Crippen LogP contribution in [0.5, 0.6) is 5.75 Å². The Kier molecular flexibility index (Phi) is 4.89. The largest absolute Gasteiger partial charge is 0.491 e. The molecule has 0 bridgehead atoms. The molecule has 1 aliphatic heterocycles. The normalized spacial score (nSPS) is 21.8. The number of hydrogen-bond donors (Lipinski definition) is 2. The third-order valence-electron chi connectivity index (χ3n) is 3.52. The zero-order valence-corrected chi connectivity index (χ0v) is 12.7. The van der Waals surface area contributed by atoms with Crippen LogP contribution in [0.4, 0.5) is 5.69 Å². The Hall–Kier alpha value is -1.26. The fraction of sp³-hybridized carbons (Fsp3) is 0.533. The van der Waals surface area contributed by atoms with Gasteiger partial charge in [0, 0.05) is 5.02 Å². The molecular weight excluding hydrogens is 276 g/mol. The Balaban J connectivity index is 2.14. The monoisotopic (exact) mass is 296 g/mol. The Labute approximate surface area is 124 Å². The van der Waals surface area contributed by atoms with E-state index in [1.165, 1.54) is 0 Å². The van der Waals surface area contributed by atoms with Gasteiger partial charge in [0.1, 0.15) is 5.75 Å². The number of rotatable bonds is 5. The van der Waals surface area contributed by atoms with E-state index in [9.17, 15) is 4.79 Å². The summed E-state index contributed by atoms with van der Waals surface area (Å²) in [5.41, 5.74) is 0.121. The summed E-state index contributed by atoms with van der Waals surface area (Å²) in [5, 5.41) is 6.75. The minimum absolute atomic E-state index is 0.0429. The molecule has 0 aliphatic carbocycles. The number of anilines is 1. The summed E-state index contributed by atoms with van der Waals surface area (Å²) in [6.45, 7) is 5.45. The third kappa shape index (κ3) is 3.44. The zero-order chi connectivity index (χ0) is 14.6. The molecule has 5 heteroatoms. The lowest BCUT2D eigenvalue weighted by Crippen LogP contribution is -2.48. The summed E-state index contributed by atoms with van der Waals surface area (Å²) in [5.74, 6) is 0.616. The van der Waals surface area contributed by atoms with Crippen LogP contribution in [0.3, 0.4) is 0 Å². The number of carbonyl (C=O) groups is 1. The topological polar surface area (TPSA) is 50.4 Å². The van der Waals surface area contributed by atoms with E-state index in [2.05, 4.69) is 10.6 Å². The highest BCUT2D eigenvalue weighted by atomic mass is 35.5. The molecule has 0 aromatic heterocycles. The van der Waals surface area contributed by atoms with Gasteiger partial charge in [0.2, 0.25) is 5.91 Å². The van der Waals surface area contributed by atoms with Gasteiger partial charge in [-0.25, -0.2) is 0 Å². The van der Waals surface area contributed by atoms with Crippen molar-refractivity contribution in [1.29, 1.82) is 0 Å². The van der Waals surface area contributed by atoms with Crippen molar-refractivity contribution in [3.8, 4) is 5.75 Å². The molecule has 110 valence electrons. The van der Waals surface area contributed by atoms with E-state index < -0.39 is 5.54 Å². The van der Waals surface area contributed by atoms with Gasteiger partial charge in [-0.1, -0.05) is 18.5 Å². The molecule has 0 saturated carbocycles. The fourth-order valence-electron chi connectivity index (χ4n) is 2.29. The quantitative estimate of drug-likeness (QED) is 0.877. The van der Waals surface area contributed by atoms with E-state index in [1.54, 1.807) is 18.2 Å². The maximum atomic E-state index is 12.4. The van der Waals surface area contributed by atoms with Crippen LogP contribution in [0, 0.1) is 0 Å². The number of nitrogens with one attached hydrogen (secondary N) is 2. The molecule has 1 heterocycles. The van der Waals surface area contributed by atoms with E-state index in [-0.39, 0.29) is 5.91 Å². The Morgan fingerprint density at radius 1 is 1.55 bits per heavy atom. The molecule has 0 spiro atoms. The highest BCUT2D eigenvalue weighted by Crippen LogP contribution is 2.30. The Morgan fingerprint density at radius 2 is 2.35 bits per heavy atom. The first-order chi connectivity index (χ1) is 9.55. The first-order valence-corrected chi connectivity index (χ1v) is 7.42. The SMILES string of the molecule is CCCOc1ccc(Cl)cc1NC(=O)C1(C)CCCN1. The van der Waals surface area contributed by atoms with Crippen LogP contribution < -0.4 is 15.4 Å². The summed E-state index contributed by atoms with van der Waals surface area (Å²) in [6.07, 6.45) is 2.76. The molecular formula is C15H21ClN2O2. The predicted octanol–water partition coefficient (Wildman–Crippen LogP) is 3.21. The smallest absolute Gasteiger partial charge is 0.244 e. The van der Waals surface area contributed by atoms with Crippen molar-refractivity contribution in [1.82, 2.24) is 5.32 Å². The van der Waals surface area contributed by atoms with Gasteiger partial charge in [0.15, 0.2) is 0 Å². The highest BCUT2D eigenvalue weighted by Gasteiger charge is 2.36. The van der Waals surface area contributed by atoms with E-state index in [0.717, 1.165) is 25.8 Å². The molecule has 1 saturated heterocycles. The molecule has 1 aliphatic rings. The second-order valence-corrected chi connectivity index (χ2v) is 5.74. The van der Waals surface area contributed by atoms with Crippen LogP contribution in [0.25, 0.3) is 0 Å². The molecule has 1 amide bonds. The van der Waals surface area contributed by atoms with E-state index in [4.69, 9.17) is 16.3 Å². The lowest BCUT2D eigenvalue weighted by Gasteiger charge is -2.24. The summed E-state index contributed by atoms with van der Waals surface area (Å²) >= 11 is 6.01. The standard InChI is InChI=1S/C15H21ClN2O2/c1-3-9-20-13-6-5-11(16)10-12(13)18-14(19)15(2)7-4-8-17-15/h5-6,10,17H,3-4,7-9H2,1-2H3,(H,18,19). The number of ether oxygens (including phenoxy) is 1. The molecule has 20 heavy (non-hydrogen) atoms. The van der Waals surface area contributed by atoms with Crippen molar-refractivity contribution in [2.24, 2.45) is 0 Å². The third-order valence-corrected chi connectivity index (χ3v) is 3.76. The number of halogens is 1. The highest BCUT2D eigenvalue weighted by molar-refractivity contribution is 6.31. The summed E-state index contributed by atoms with van der Waals surface area (Å²) in [7, 11) is 0. The van der Waals surface area contributed by atoms with Crippen LogP contribution in [-0.2, 0) is 4.79 Å². The number of carbonyl (C=O) groups excluding carboxylic acids is 1. The van der Waals surface area contributed by atoms with Crippen molar-refractivity contribution in [3.63, 3.8) is 0 Å². The van der Waals surface area contributed by atoms with E-state index >= 15 is 0 Å². The predicted molar refractivity (Wildman–Crippen MR) is 81.5 cm³/mol. The maximum Gasteiger partial charge on any atom is 0.244 e. The van der Waals surface area contributed by atoms with Crippen molar-refractivity contribution in [2.45, 2.75) is 38.6 Å². The summed E-state index contributed by atoms with van der Waals surface area (Å²) < 4.78 is 5.64. The zero-order valence-electron chi connectivity index (χ0n) is 12.0. The number of amides is 1. The van der Waals surface area contributed by atoms with E-state index in [1.807, 2.05) is 13.8 Å². The first-order valence-electron chi connectivity index (χ1n) is 7.04. The first kappa shape index (κ1) is 15.1. The van der Waals surface area contributed by atoms with Gasteiger partial charge in [-0.2, -0.15) is 0 Å². The molecule has 2 rings (SSSR count). The summed E-state index contributed by atoms with van der Waals surface area (Å²) in [6, 6.07) is 5.28. The maximum absolute atomic E-state index is 12.4. The van der Waals surface area contributed by atoms with Crippen LogP contribution in [0.1, 0.15) is 33.1 Å². The molecule has 1 unspecified atom stereocenters. The van der Waals surface area contributed by atoms with Crippen LogP contribution in [0.2, 0.25) is 5.02 Å². The molecule has 0 radical (unpaired) electrons. The Morgan fingerprint density at radius 3 is 3.00 bits per heavy atom. The van der Waals surface area contributed by atoms with Crippen LogP contribution in [0.15, 0.2) is 18.2 Å². The van der Waals surface area contributed by atoms with Crippen molar-refractivity contribution >= 4 is 23.2 Å². The van der Waals surface area contributed by atoms with Crippen molar-refractivity contribution < 1.29 is 9.53 Å². The fourth-order valence-corrected chi connectivity index (χ4v) is 2.46. The van der Waals surface area contributed by atoms with Gasteiger partial charge < -0.3 is 15.4 Å². The van der Waals surface area contributed by atoms with Crippen LogP contribution in [-0.4, -0.2) is 24.6 Å². The lowest BCUT2D eigenvalue weighted by atomic mass is 9.99. The second-order valence-electron chi connectivity index (χ2n) is 5.31. The molecule has 2 N–H and O–H groups in total. The average molecular weight is 297 g/mol.